The van der Waals surface area contributed by atoms with Crippen molar-refractivity contribution in [3.63, 3.8) is 0 Å². The van der Waals surface area contributed by atoms with Gasteiger partial charge in [-0.05, 0) is 35.7 Å². The highest BCUT2D eigenvalue weighted by Crippen LogP contribution is 2.20. The Morgan fingerprint density at radius 2 is 1.79 bits per heavy atom. The third-order valence-corrected chi connectivity index (χ3v) is 2.49. The van der Waals surface area contributed by atoms with E-state index in [1.807, 2.05) is 19.1 Å². The maximum atomic E-state index is 7.10. The Kier molecular flexibility index (Phi) is 2.24. The highest BCUT2D eigenvalue weighted by Gasteiger charge is 2.01. The normalized spacial score (nSPS) is 12.3. The molecular formula is C14H11. The van der Waals surface area contributed by atoms with Gasteiger partial charge in [0.05, 0.1) is 0 Å². The van der Waals surface area contributed by atoms with E-state index in [1.165, 1.54) is 10.8 Å². The highest BCUT2D eigenvalue weighted by molar-refractivity contribution is 5.83. The number of hydrogen-bond donors (Lipinski definition) is 0. The molecule has 0 aliphatic rings. The molecule has 0 aliphatic heterocycles. The molecule has 0 N–H and O–H groups in total. The second-order valence-electron chi connectivity index (χ2n) is 3.47. The summed E-state index contributed by atoms with van der Waals surface area (Å²) in [6.07, 6.45) is 7.10. The van der Waals surface area contributed by atoms with Crippen LogP contribution in [0.3, 0.4) is 0 Å². The van der Waals surface area contributed by atoms with E-state index in [-0.39, 0.29) is 5.92 Å². The molecule has 0 heterocycles. The topological polar surface area (TPSA) is 0 Å². The van der Waals surface area contributed by atoms with Gasteiger partial charge in [0.25, 0.3) is 0 Å². The van der Waals surface area contributed by atoms with Crippen LogP contribution in [0.5, 0.6) is 0 Å². The maximum absolute atomic E-state index is 7.10. The van der Waals surface area contributed by atoms with E-state index in [9.17, 15) is 0 Å². The standard InChI is InChI=1S/C14H11/c1-3-11(2)13-9-8-12-6-4-5-7-14(12)10-13/h4-11H,2H3. The van der Waals surface area contributed by atoms with Gasteiger partial charge in [0.1, 0.15) is 0 Å². The Morgan fingerprint density at radius 1 is 1.07 bits per heavy atom. The van der Waals surface area contributed by atoms with Crippen molar-refractivity contribution in [2.75, 3.05) is 0 Å². The van der Waals surface area contributed by atoms with E-state index in [1.54, 1.807) is 0 Å². The van der Waals surface area contributed by atoms with Gasteiger partial charge in [-0.2, -0.15) is 0 Å². The predicted octanol–water partition coefficient (Wildman–Crippen LogP) is 3.53. The van der Waals surface area contributed by atoms with Crippen molar-refractivity contribution in [2.45, 2.75) is 12.8 Å². The lowest BCUT2D eigenvalue weighted by Crippen LogP contribution is -1.88. The van der Waals surface area contributed by atoms with E-state index >= 15 is 0 Å². The fourth-order valence-corrected chi connectivity index (χ4v) is 1.56. The molecule has 2 aromatic carbocycles. The van der Waals surface area contributed by atoms with Gasteiger partial charge in [0.2, 0.25) is 0 Å². The summed E-state index contributed by atoms with van der Waals surface area (Å²) in [7, 11) is 0. The maximum Gasteiger partial charge on any atom is 0.0434 e. The zero-order chi connectivity index (χ0) is 9.97. The molecule has 2 aromatic rings. The fraction of sp³-hybridized carbons (Fsp3) is 0.143. The van der Waals surface area contributed by atoms with E-state index in [0.717, 1.165) is 5.56 Å². The van der Waals surface area contributed by atoms with Gasteiger partial charge in [-0.1, -0.05) is 42.3 Å². The van der Waals surface area contributed by atoms with Crippen molar-refractivity contribution in [1.29, 1.82) is 0 Å². The van der Waals surface area contributed by atoms with Crippen LogP contribution in [-0.2, 0) is 0 Å². The summed E-state index contributed by atoms with van der Waals surface area (Å²) in [5.41, 5.74) is 1.15. The second-order valence-corrected chi connectivity index (χ2v) is 3.47. The summed E-state index contributed by atoms with van der Waals surface area (Å²) in [6, 6.07) is 14.5. The molecule has 0 amide bonds. The quantitative estimate of drug-likeness (QED) is 0.587. The van der Waals surface area contributed by atoms with E-state index in [2.05, 4.69) is 36.3 Å². The monoisotopic (exact) mass is 179 g/mol. The molecule has 1 radical (unpaired) electrons. The highest BCUT2D eigenvalue weighted by atomic mass is 14.0. The minimum Gasteiger partial charge on any atom is -0.0812 e. The third kappa shape index (κ3) is 1.49. The first-order valence-corrected chi connectivity index (χ1v) is 4.72. The Morgan fingerprint density at radius 3 is 2.50 bits per heavy atom. The van der Waals surface area contributed by atoms with Gasteiger partial charge in [-0.3, -0.25) is 0 Å². The first kappa shape index (κ1) is 8.84. The van der Waals surface area contributed by atoms with Crippen molar-refractivity contribution < 1.29 is 0 Å². The SMILES string of the molecule is [C]#CC(C)c1ccc2ccccc2c1. The molecule has 0 heteroatoms. The first-order valence-electron chi connectivity index (χ1n) is 4.72. The van der Waals surface area contributed by atoms with Crippen LogP contribution in [0.1, 0.15) is 18.4 Å². The second kappa shape index (κ2) is 3.55. The molecule has 2 rings (SSSR count). The van der Waals surface area contributed by atoms with Crippen LogP contribution in [0.2, 0.25) is 0 Å². The molecule has 0 aliphatic carbocycles. The summed E-state index contributed by atoms with van der Waals surface area (Å²) in [4.78, 5) is 0. The number of fused-ring (bicyclic) bond motifs is 1. The van der Waals surface area contributed by atoms with Gasteiger partial charge < -0.3 is 0 Å². The van der Waals surface area contributed by atoms with Crippen molar-refractivity contribution in [3.05, 3.63) is 54.5 Å². The summed E-state index contributed by atoms with van der Waals surface area (Å²) >= 11 is 0. The Balaban J connectivity index is 2.58. The molecule has 1 unspecified atom stereocenters. The van der Waals surface area contributed by atoms with Crippen molar-refractivity contribution in [3.8, 4) is 5.92 Å². The summed E-state index contributed by atoms with van der Waals surface area (Å²) in [5.74, 6) is 2.58. The van der Waals surface area contributed by atoms with Crippen LogP contribution in [0.4, 0.5) is 0 Å². The van der Waals surface area contributed by atoms with Gasteiger partial charge in [-0.15, -0.1) is 0 Å². The molecule has 1 atom stereocenters. The third-order valence-electron chi connectivity index (χ3n) is 2.49. The van der Waals surface area contributed by atoms with Gasteiger partial charge >= 0.3 is 0 Å². The molecule has 0 nitrogen and oxygen atoms in total. The van der Waals surface area contributed by atoms with Crippen LogP contribution >= 0.6 is 0 Å². The van der Waals surface area contributed by atoms with Crippen molar-refractivity contribution >= 4 is 10.8 Å². The Labute approximate surface area is 84.6 Å². The molecule has 0 saturated carbocycles. The van der Waals surface area contributed by atoms with E-state index in [4.69, 9.17) is 6.42 Å². The average molecular weight is 179 g/mol. The largest absolute Gasteiger partial charge is 0.0812 e. The Bertz CT molecular complexity index is 489. The zero-order valence-electron chi connectivity index (χ0n) is 8.12. The zero-order valence-corrected chi connectivity index (χ0v) is 8.12. The van der Waals surface area contributed by atoms with E-state index in [0.29, 0.717) is 0 Å². The van der Waals surface area contributed by atoms with Crippen LogP contribution in [0, 0.1) is 12.3 Å². The van der Waals surface area contributed by atoms with Crippen LogP contribution in [-0.4, -0.2) is 0 Å². The molecule has 0 fully saturated rings. The first-order chi connectivity index (χ1) is 6.81. The smallest absolute Gasteiger partial charge is 0.0434 e. The van der Waals surface area contributed by atoms with E-state index < -0.39 is 0 Å². The summed E-state index contributed by atoms with van der Waals surface area (Å²) in [5, 5.41) is 2.47. The number of rotatable bonds is 1. The minimum atomic E-state index is 0.0830. The number of benzene rings is 2. The molecule has 0 aromatic heterocycles. The number of hydrogen-bond acceptors (Lipinski definition) is 0. The summed E-state index contributed by atoms with van der Waals surface area (Å²) in [6.45, 7) is 1.98. The van der Waals surface area contributed by atoms with Gasteiger partial charge in [0, 0.05) is 5.92 Å². The van der Waals surface area contributed by atoms with Gasteiger partial charge in [-0.25, -0.2) is 0 Å². The molecule has 0 spiro atoms. The van der Waals surface area contributed by atoms with Gasteiger partial charge in [0.15, 0.2) is 0 Å². The van der Waals surface area contributed by atoms with Crippen molar-refractivity contribution in [2.24, 2.45) is 0 Å². The molecule has 0 saturated heterocycles. The molecule has 67 valence electrons. The predicted molar refractivity (Wildman–Crippen MR) is 59.5 cm³/mol. The fourth-order valence-electron chi connectivity index (χ4n) is 1.56. The lowest BCUT2D eigenvalue weighted by molar-refractivity contribution is 1.01. The lowest BCUT2D eigenvalue weighted by atomic mass is 9.99. The van der Waals surface area contributed by atoms with Crippen LogP contribution in [0.25, 0.3) is 10.8 Å². The average Bonchev–Trinajstić information content (AvgIpc) is 2.27. The minimum absolute atomic E-state index is 0.0830. The summed E-state index contributed by atoms with van der Waals surface area (Å²) < 4.78 is 0. The molecular weight excluding hydrogens is 168 g/mol. The lowest BCUT2D eigenvalue weighted by Gasteiger charge is -2.05. The van der Waals surface area contributed by atoms with Crippen LogP contribution < -0.4 is 0 Å². The molecule has 0 bridgehead atoms. The molecule has 14 heavy (non-hydrogen) atoms. The van der Waals surface area contributed by atoms with Crippen molar-refractivity contribution in [1.82, 2.24) is 0 Å². The Hall–Kier alpha value is -1.74. The van der Waals surface area contributed by atoms with Crippen LogP contribution in [0.15, 0.2) is 42.5 Å².